The number of aromatic carboxylic acids is 1. The predicted octanol–water partition coefficient (Wildman–Crippen LogP) is 3.32. The van der Waals surface area contributed by atoms with Crippen molar-refractivity contribution in [2.45, 2.75) is 12.3 Å². The number of benzene rings is 1. The highest BCUT2D eigenvalue weighted by Gasteiger charge is 2.41. The van der Waals surface area contributed by atoms with Crippen LogP contribution in [-0.4, -0.2) is 27.3 Å². The standard InChI is InChI=1S/C14H8F5NO3/c15-7-1-2-8(9(16)5-7)10-3-6(13(22)23)4-11(20-10)12(21)14(17,18)19/h1-5,12,21H,(H,22,23). The van der Waals surface area contributed by atoms with E-state index in [2.05, 4.69) is 4.98 Å². The Morgan fingerprint density at radius 3 is 2.30 bits per heavy atom. The van der Waals surface area contributed by atoms with E-state index >= 15 is 0 Å². The molecule has 0 aliphatic rings. The number of aliphatic hydroxyl groups is 1. The summed E-state index contributed by atoms with van der Waals surface area (Å²) >= 11 is 0. The van der Waals surface area contributed by atoms with Gasteiger partial charge in [-0.25, -0.2) is 18.6 Å². The molecule has 9 heteroatoms. The molecule has 1 atom stereocenters. The van der Waals surface area contributed by atoms with Crippen LogP contribution in [0, 0.1) is 11.6 Å². The Hall–Kier alpha value is -2.55. The fourth-order valence-electron chi connectivity index (χ4n) is 1.82. The van der Waals surface area contributed by atoms with Crippen LogP contribution in [0.1, 0.15) is 22.2 Å². The summed E-state index contributed by atoms with van der Waals surface area (Å²) in [4.78, 5) is 14.5. The zero-order chi connectivity index (χ0) is 17.4. The quantitative estimate of drug-likeness (QED) is 0.846. The second-order valence-electron chi connectivity index (χ2n) is 4.54. The van der Waals surface area contributed by atoms with Crippen molar-refractivity contribution in [3.63, 3.8) is 0 Å². The maximum atomic E-state index is 13.7. The maximum Gasteiger partial charge on any atom is 0.420 e. The van der Waals surface area contributed by atoms with E-state index in [4.69, 9.17) is 5.11 Å². The van der Waals surface area contributed by atoms with Crippen LogP contribution < -0.4 is 0 Å². The molecule has 0 aliphatic heterocycles. The minimum atomic E-state index is -5.08. The number of pyridine rings is 1. The van der Waals surface area contributed by atoms with Crippen molar-refractivity contribution in [3.05, 3.63) is 53.2 Å². The Morgan fingerprint density at radius 1 is 1.13 bits per heavy atom. The van der Waals surface area contributed by atoms with E-state index in [0.29, 0.717) is 12.1 Å². The average Bonchev–Trinajstić information content (AvgIpc) is 2.44. The van der Waals surface area contributed by atoms with Crippen molar-refractivity contribution >= 4 is 5.97 Å². The number of aliphatic hydroxyl groups excluding tert-OH is 1. The molecule has 2 rings (SSSR count). The Bertz CT molecular complexity index is 761. The Kier molecular flexibility index (Phi) is 4.33. The average molecular weight is 333 g/mol. The van der Waals surface area contributed by atoms with Crippen molar-refractivity contribution in [1.82, 2.24) is 4.98 Å². The topological polar surface area (TPSA) is 70.4 Å². The number of hydrogen-bond acceptors (Lipinski definition) is 3. The highest BCUT2D eigenvalue weighted by atomic mass is 19.4. The first-order valence-electron chi connectivity index (χ1n) is 6.05. The number of nitrogens with zero attached hydrogens (tertiary/aromatic N) is 1. The molecular formula is C14H8F5NO3. The van der Waals surface area contributed by atoms with Gasteiger partial charge in [0.15, 0.2) is 6.10 Å². The molecule has 1 aromatic heterocycles. The van der Waals surface area contributed by atoms with Gasteiger partial charge >= 0.3 is 12.1 Å². The van der Waals surface area contributed by atoms with Crippen LogP contribution >= 0.6 is 0 Å². The van der Waals surface area contributed by atoms with Gasteiger partial charge in [0.25, 0.3) is 0 Å². The van der Waals surface area contributed by atoms with E-state index in [1.807, 2.05) is 0 Å². The first kappa shape index (κ1) is 16.8. The molecule has 0 saturated carbocycles. The molecule has 122 valence electrons. The van der Waals surface area contributed by atoms with Crippen LogP contribution in [0.3, 0.4) is 0 Å². The molecule has 0 saturated heterocycles. The minimum Gasteiger partial charge on any atom is -0.478 e. The highest BCUT2D eigenvalue weighted by molar-refractivity contribution is 5.89. The second kappa shape index (κ2) is 5.92. The summed E-state index contributed by atoms with van der Waals surface area (Å²) < 4.78 is 64.3. The lowest BCUT2D eigenvalue weighted by Gasteiger charge is -2.15. The summed E-state index contributed by atoms with van der Waals surface area (Å²) in [6, 6.07) is 3.58. The third-order valence-corrected chi connectivity index (χ3v) is 2.89. The van der Waals surface area contributed by atoms with Crippen LogP contribution in [0.2, 0.25) is 0 Å². The molecule has 1 unspecified atom stereocenters. The van der Waals surface area contributed by atoms with Crippen LogP contribution in [-0.2, 0) is 0 Å². The summed E-state index contributed by atoms with van der Waals surface area (Å²) in [5, 5.41) is 18.1. The van der Waals surface area contributed by atoms with Gasteiger partial charge in [0.2, 0.25) is 0 Å². The Morgan fingerprint density at radius 2 is 1.78 bits per heavy atom. The van der Waals surface area contributed by atoms with Gasteiger partial charge in [-0.05, 0) is 24.3 Å². The predicted molar refractivity (Wildman–Crippen MR) is 67.6 cm³/mol. The van der Waals surface area contributed by atoms with Crippen molar-refractivity contribution < 1.29 is 37.0 Å². The smallest absolute Gasteiger partial charge is 0.420 e. The van der Waals surface area contributed by atoms with E-state index < -0.39 is 52.4 Å². The number of alkyl halides is 3. The molecule has 0 fully saturated rings. The summed E-state index contributed by atoms with van der Waals surface area (Å²) in [7, 11) is 0. The molecule has 2 N–H and O–H groups in total. The SMILES string of the molecule is O=C(O)c1cc(-c2ccc(F)cc2F)nc(C(O)C(F)(F)F)c1. The van der Waals surface area contributed by atoms with Crippen molar-refractivity contribution in [2.24, 2.45) is 0 Å². The van der Waals surface area contributed by atoms with Gasteiger partial charge in [0.1, 0.15) is 11.6 Å². The van der Waals surface area contributed by atoms with E-state index in [-0.39, 0.29) is 0 Å². The number of halogens is 5. The summed E-state index contributed by atoms with van der Waals surface area (Å²) in [6.07, 6.45) is -8.12. The van der Waals surface area contributed by atoms with Gasteiger partial charge in [-0.2, -0.15) is 13.2 Å². The number of carbonyl (C=O) groups is 1. The van der Waals surface area contributed by atoms with Gasteiger partial charge in [-0.1, -0.05) is 0 Å². The lowest BCUT2D eigenvalue weighted by molar-refractivity contribution is -0.207. The molecule has 0 aliphatic carbocycles. The van der Waals surface area contributed by atoms with E-state index in [9.17, 15) is 31.9 Å². The normalized spacial score (nSPS) is 13.0. The number of aromatic nitrogens is 1. The Balaban J connectivity index is 2.64. The Labute approximate surface area is 125 Å². The van der Waals surface area contributed by atoms with Gasteiger partial charge < -0.3 is 10.2 Å². The van der Waals surface area contributed by atoms with Gasteiger partial charge in [-0.3, -0.25) is 0 Å². The van der Waals surface area contributed by atoms with Crippen molar-refractivity contribution in [2.75, 3.05) is 0 Å². The minimum absolute atomic E-state index is 0.398. The van der Waals surface area contributed by atoms with Gasteiger partial charge in [0, 0.05) is 11.6 Å². The van der Waals surface area contributed by atoms with E-state index in [1.54, 1.807) is 0 Å². The number of carboxylic acid groups (broad SMARTS) is 1. The molecule has 4 nitrogen and oxygen atoms in total. The molecule has 0 bridgehead atoms. The molecule has 0 amide bonds. The summed E-state index contributed by atoms with van der Waals surface area (Å²) in [5.74, 6) is -3.64. The lowest BCUT2D eigenvalue weighted by Crippen LogP contribution is -2.22. The summed E-state index contributed by atoms with van der Waals surface area (Å²) in [6.45, 7) is 0. The van der Waals surface area contributed by atoms with Crippen LogP contribution in [0.4, 0.5) is 22.0 Å². The largest absolute Gasteiger partial charge is 0.478 e. The van der Waals surface area contributed by atoms with Gasteiger partial charge in [-0.15, -0.1) is 0 Å². The zero-order valence-electron chi connectivity index (χ0n) is 11.1. The maximum absolute atomic E-state index is 13.7. The molecule has 1 heterocycles. The van der Waals surface area contributed by atoms with Crippen molar-refractivity contribution in [3.8, 4) is 11.3 Å². The summed E-state index contributed by atoms with van der Waals surface area (Å²) in [5.41, 5.74) is -2.50. The molecular weight excluding hydrogens is 325 g/mol. The lowest BCUT2D eigenvalue weighted by atomic mass is 10.1. The van der Waals surface area contributed by atoms with Crippen molar-refractivity contribution in [1.29, 1.82) is 0 Å². The monoisotopic (exact) mass is 333 g/mol. The highest BCUT2D eigenvalue weighted by Crippen LogP contribution is 2.33. The van der Waals surface area contributed by atoms with Crippen LogP contribution in [0.5, 0.6) is 0 Å². The zero-order valence-corrected chi connectivity index (χ0v) is 11.1. The second-order valence-corrected chi connectivity index (χ2v) is 4.54. The van der Waals surface area contributed by atoms with Crippen LogP contribution in [0.15, 0.2) is 30.3 Å². The van der Waals surface area contributed by atoms with E-state index in [1.165, 1.54) is 0 Å². The first-order chi connectivity index (χ1) is 10.6. The number of hydrogen-bond donors (Lipinski definition) is 2. The third-order valence-electron chi connectivity index (χ3n) is 2.89. The molecule has 1 aromatic carbocycles. The number of rotatable bonds is 3. The molecule has 0 radical (unpaired) electrons. The molecule has 2 aromatic rings. The molecule has 0 spiro atoms. The number of carboxylic acids is 1. The fraction of sp³-hybridized carbons (Fsp3) is 0.143. The first-order valence-corrected chi connectivity index (χ1v) is 6.05. The fourth-order valence-corrected chi connectivity index (χ4v) is 1.82. The van der Waals surface area contributed by atoms with E-state index in [0.717, 1.165) is 18.2 Å². The molecule has 23 heavy (non-hydrogen) atoms. The van der Waals surface area contributed by atoms with Crippen LogP contribution in [0.25, 0.3) is 11.3 Å². The third kappa shape index (κ3) is 3.62. The van der Waals surface area contributed by atoms with Gasteiger partial charge in [0.05, 0.1) is 17.0 Å².